The minimum absolute atomic E-state index is 0.166. The van der Waals surface area contributed by atoms with Gasteiger partial charge >= 0.3 is 12.0 Å². The summed E-state index contributed by atoms with van der Waals surface area (Å²) in [5, 5.41) is 10.6. The van der Waals surface area contributed by atoms with Gasteiger partial charge in [-0.2, -0.15) is 13.2 Å². The van der Waals surface area contributed by atoms with E-state index < -0.39 is 16.9 Å². The molecule has 18 heavy (non-hydrogen) atoms. The predicted octanol–water partition coefficient (Wildman–Crippen LogP) is 1.93. The lowest BCUT2D eigenvalue weighted by Gasteiger charge is -2.01. The second kappa shape index (κ2) is 3.69. The van der Waals surface area contributed by atoms with Gasteiger partial charge in [0.2, 0.25) is 0 Å². The van der Waals surface area contributed by atoms with Gasteiger partial charge in [0.25, 0.3) is 5.69 Å². The van der Waals surface area contributed by atoms with Crippen molar-refractivity contribution in [3.05, 3.63) is 34.1 Å². The first-order chi connectivity index (χ1) is 8.23. The van der Waals surface area contributed by atoms with Crippen LogP contribution in [0.25, 0.3) is 11.0 Å². The zero-order chi connectivity index (χ0) is 13.7. The van der Waals surface area contributed by atoms with Crippen LogP contribution in [0.4, 0.5) is 18.9 Å². The molecule has 0 saturated carbocycles. The molecule has 1 aromatic heterocycles. The number of halogens is 3. The van der Waals surface area contributed by atoms with E-state index in [2.05, 4.69) is 0 Å². The molecule has 0 saturated heterocycles. The lowest BCUT2D eigenvalue weighted by atomic mass is 10.3. The van der Waals surface area contributed by atoms with Crippen molar-refractivity contribution in [3.63, 3.8) is 0 Å². The number of hydrogen-bond donors (Lipinski definition) is 0. The average molecular weight is 260 g/mol. The first-order valence-electron chi connectivity index (χ1n) is 4.93. The Hall–Kier alpha value is -2.12. The van der Waals surface area contributed by atoms with Crippen LogP contribution in [-0.2, 0) is 20.3 Å². The molecule has 0 unspecified atom stereocenters. The number of hydrogen-bond acceptors (Lipinski definition) is 2. The fraction of sp³-hybridized carbons (Fsp3) is 0.300. The highest BCUT2D eigenvalue weighted by molar-refractivity contribution is 5.75. The van der Waals surface area contributed by atoms with Crippen LogP contribution in [0, 0.1) is 10.1 Å². The van der Waals surface area contributed by atoms with Gasteiger partial charge in [0.05, 0.1) is 25.1 Å². The van der Waals surface area contributed by atoms with Crippen LogP contribution in [0.15, 0.2) is 18.2 Å². The minimum Gasteiger partial charge on any atom is -0.258 e. The second-order valence-electron chi connectivity index (χ2n) is 3.87. The third-order valence-corrected chi connectivity index (χ3v) is 2.78. The number of nitro groups is 1. The molecule has 0 bridgehead atoms. The van der Waals surface area contributed by atoms with Crippen LogP contribution in [0.1, 0.15) is 5.82 Å². The third-order valence-electron chi connectivity index (χ3n) is 2.78. The van der Waals surface area contributed by atoms with Gasteiger partial charge in [-0.05, 0) is 6.07 Å². The Morgan fingerprint density at radius 1 is 1.39 bits per heavy atom. The summed E-state index contributed by atoms with van der Waals surface area (Å²) in [5.74, 6) is -0.863. The highest BCUT2D eigenvalue weighted by atomic mass is 19.4. The fourth-order valence-electron chi connectivity index (χ4n) is 2.01. The number of rotatable bonds is 1. The van der Waals surface area contributed by atoms with Crippen molar-refractivity contribution in [2.45, 2.75) is 6.18 Å². The Morgan fingerprint density at radius 2 is 2.00 bits per heavy atom. The van der Waals surface area contributed by atoms with Crippen molar-refractivity contribution in [3.8, 4) is 0 Å². The van der Waals surface area contributed by atoms with Crippen LogP contribution < -0.4 is 4.57 Å². The molecule has 0 aliphatic heterocycles. The van der Waals surface area contributed by atoms with Crippen molar-refractivity contribution in [2.24, 2.45) is 14.1 Å². The molecule has 1 aromatic carbocycles. The summed E-state index contributed by atoms with van der Waals surface area (Å²) >= 11 is 0. The van der Waals surface area contributed by atoms with Gasteiger partial charge in [-0.25, -0.2) is 9.13 Å². The van der Waals surface area contributed by atoms with E-state index in [0.717, 1.165) is 15.2 Å². The van der Waals surface area contributed by atoms with E-state index >= 15 is 0 Å². The average Bonchev–Trinajstić information content (AvgIpc) is 2.50. The highest BCUT2D eigenvalue weighted by Crippen LogP contribution is 2.30. The first kappa shape index (κ1) is 12.3. The maximum atomic E-state index is 12.8. The summed E-state index contributed by atoms with van der Waals surface area (Å²) in [7, 11) is 2.51. The van der Waals surface area contributed by atoms with E-state index in [9.17, 15) is 23.3 Å². The van der Waals surface area contributed by atoms with Gasteiger partial charge in [0.1, 0.15) is 0 Å². The molecule has 0 amide bonds. The molecule has 5 nitrogen and oxygen atoms in total. The summed E-state index contributed by atoms with van der Waals surface area (Å²) < 4.78 is 40.4. The monoisotopic (exact) mass is 260 g/mol. The molecule has 1 heterocycles. The lowest BCUT2D eigenvalue weighted by molar-refractivity contribution is -0.667. The molecule has 0 aliphatic carbocycles. The molecule has 8 heteroatoms. The Labute approximate surface area is 99.2 Å². The number of fused-ring (bicyclic) bond motifs is 1. The number of benzene rings is 1. The van der Waals surface area contributed by atoms with Crippen molar-refractivity contribution >= 4 is 16.7 Å². The van der Waals surface area contributed by atoms with E-state index in [4.69, 9.17) is 0 Å². The molecule has 0 atom stereocenters. The van der Waals surface area contributed by atoms with Crippen LogP contribution >= 0.6 is 0 Å². The zero-order valence-corrected chi connectivity index (χ0v) is 9.52. The van der Waals surface area contributed by atoms with Gasteiger partial charge in [-0.1, -0.05) is 0 Å². The largest absolute Gasteiger partial charge is 0.495 e. The number of nitro benzene ring substituents is 1. The van der Waals surface area contributed by atoms with Crippen molar-refractivity contribution < 1.29 is 22.7 Å². The number of imidazole rings is 1. The van der Waals surface area contributed by atoms with Crippen LogP contribution in [-0.4, -0.2) is 9.49 Å². The maximum absolute atomic E-state index is 12.8. The SMILES string of the molecule is Cn1c(C(F)(F)F)[n+](C)c2cc([N+](=O)[O-])ccc21. The topological polar surface area (TPSA) is 52.0 Å². The molecule has 0 fully saturated rings. The number of alkyl halides is 3. The normalized spacial score (nSPS) is 12.1. The smallest absolute Gasteiger partial charge is 0.258 e. The van der Waals surface area contributed by atoms with Gasteiger partial charge in [0.15, 0.2) is 11.0 Å². The highest BCUT2D eigenvalue weighted by Gasteiger charge is 2.45. The lowest BCUT2D eigenvalue weighted by Crippen LogP contribution is -2.37. The minimum atomic E-state index is -4.52. The maximum Gasteiger partial charge on any atom is 0.495 e. The summed E-state index contributed by atoms with van der Waals surface area (Å²) in [6.45, 7) is 0. The predicted molar refractivity (Wildman–Crippen MR) is 55.8 cm³/mol. The van der Waals surface area contributed by atoms with Crippen molar-refractivity contribution in [2.75, 3.05) is 0 Å². The molecule has 0 N–H and O–H groups in total. The summed E-state index contributed by atoms with van der Waals surface area (Å²) in [5.41, 5.74) is 0.215. The Morgan fingerprint density at radius 3 is 2.50 bits per heavy atom. The third kappa shape index (κ3) is 1.69. The number of aromatic nitrogens is 2. The standard InChI is InChI=1S/C10H9F3N3O2/c1-14-7-4-3-6(16(17)18)5-8(7)15(2)9(14)10(11,12)13/h3-5H,1-2H3/q+1. The molecule has 2 rings (SSSR count). The Balaban J connectivity index is 2.82. The number of aryl methyl sites for hydroxylation is 2. The number of non-ortho nitro benzene ring substituents is 1. The van der Waals surface area contributed by atoms with E-state index in [-0.39, 0.29) is 16.7 Å². The molecule has 0 spiro atoms. The van der Waals surface area contributed by atoms with Crippen LogP contribution in [0.2, 0.25) is 0 Å². The molecule has 0 radical (unpaired) electrons. The van der Waals surface area contributed by atoms with Gasteiger partial charge < -0.3 is 0 Å². The molecular weight excluding hydrogens is 251 g/mol. The van der Waals surface area contributed by atoms with E-state index in [1.54, 1.807) is 0 Å². The molecule has 96 valence electrons. The second-order valence-corrected chi connectivity index (χ2v) is 3.87. The van der Waals surface area contributed by atoms with Crippen LogP contribution in [0.3, 0.4) is 0 Å². The molecular formula is C10H9F3N3O2+. The van der Waals surface area contributed by atoms with E-state index in [1.165, 1.54) is 26.2 Å². The number of nitrogens with zero attached hydrogens (tertiary/aromatic N) is 3. The Kier molecular flexibility index (Phi) is 2.53. The molecule has 0 aliphatic rings. The van der Waals surface area contributed by atoms with Gasteiger partial charge in [0, 0.05) is 6.07 Å². The summed E-state index contributed by atoms with van der Waals surface area (Å²) in [6, 6.07) is 3.62. The first-order valence-corrected chi connectivity index (χ1v) is 4.93. The quantitative estimate of drug-likeness (QED) is 0.447. The molecule has 2 aromatic rings. The van der Waals surface area contributed by atoms with Gasteiger partial charge in [-0.3, -0.25) is 10.1 Å². The van der Waals surface area contributed by atoms with E-state index in [0.29, 0.717) is 0 Å². The summed E-state index contributed by atoms with van der Waals surface area (Å²) in [6.07, 6.45) is -4.52. The Bertz CT molecular complexity index is 646. The fourth-order valence-corrected chi connectivity index (χ4v) is 2.01. The van der Waals surface area contributed by atoms with Crippen molar-refractivity contribution in [1.82, 2.24) is 4.57 Å². The summed E-state index contributed by atoms with van der Waals surface area (Å²) in [4.78, 5) is 9.97. The zero-order valence-electron chi connectivity index (χ0n) is 9.52. The van der Waals surface area contributed by atoms with E-state index in [1.807, 2.05) is 0 Å². The van der Waals surface area contributed by atoms with Crippen LogP contribution in [0.5, 0.6) is 0 Å². The van der Waals surface area contributed by atoms with Crippen molar-refractivity contribution in [1.29, 1.82) is 0 Å². The van der Waals surface area contributed by atoms with Gasteiger partial charge in [-0.15, -0.1) is 0 Å².